The Bertz CT molecular complexity index is 981. The van der Waals surface area contributed by atoms with Crippen LogP contribution in [0.5, 0.6) is 5.75 Å². The molecule has 5 rings (SSSR count). The zero-order valence-electron chi connectivity index (χ0n) is 17.6. The van der Waals surface area contributed by atoms with Crippen molar-refractivity contribution in [3.8, 4) is 5.75 Å². The van der Waals surface area contributed by atoms with Crippen LogP contribution in [0, 0.1) is 5.92 Å². The number of rotatable bonds is 6. The lowest BCUT2D eigenvalue weighted by molar-refractivity contribution is -0.126. The van der Waals surface area contributed by atoms with Crippen molar-refractivity contribution < 1.29 is 9.53 Å². The van der Waals surface area contributed by atoms with Gasteiger partial charge in [0.1, 0.15) is 5.75 Å². The fourth-order valence-electron chi connectivity index (χ4n) is 4.66. The minimum atomic E-state index is -0.118. The van der Waals surface area contributed by atoms with Crippen molar-refractivity contribution >= 4 is 23.4 Å². The summed E-state index contributed by atoms with van der Waals surface area (Å²) < 4.78 is 5.41. The summed E-state index contributed by atoms with van der Waals surface area (Å²) in [6.07, 6.45) is 0.850. The minimum Gasteiger partial charge on any atom is -0.495 e. The summed E-state index contributed by atoms with van der Waals surface area (Å²) in [4.78, 5) is 16.8. The Balaban J connectivity index is 1.20. The van der Waals surface area contributed by atoms with Crippen molar-refractivity contribution in [1.82, 2.24) is 15.5 Å². The first-order valence-electron chi connectivity index (χ1n) is 10.8. The SMILES string of the molecule is COc1ccccc1NCC1NC(=O)C2C3=C(CN(Cc4ccccc4)CC3)SC2N1. The van der Waals surface area contributed by atoms with Gasteiger partial charge in [-0.25, -0.2) is 0 Å². The number of anilines is 1. The van der Waals surface area contributed by atoms with Crippen LogP contribution in [0.25, 0.3) is 0 Å². The number of carbonyl (C=O) groups is 1. The number of nitrogens with zero attached hydrogens (tertiary/aromatic N) is 1. The fourth-order valence-corrected chi connectivity index (χ4v) is 6.26. The maximum absolute atomic E-state index is 13.0. The zero-order chi connectivity index (χ0) is 21.2. The molecule has 3 aliphatic rings. The van der Waals surface area contributed by atoms with E-state index in [0.717, 1.165) is 37.5 Å². The van der Waals surface area contributed by atoms with Crippen LogP contribution in [0.15, 0.2) is 65.1 Å². The molecule has 7 heteroatoms. The molecule has 3 atom stereocenters. The molecule has 2 aromatic carbocycles. The molecule has 3 N–H and O–H groups in total. The predicted molar refractivity (Wildman–Crippen MR) is 125 cm³/mol. The third kappa shape index (κ3) is 4.31. The molecule has 162 valence electrons. The number of nitrogens with one attached hydrogen (secondary N) is 3. The summed E-state index contributed by atoms with van der Waals surface area (Å²) in [5.41, 5.74) is 3.60. The van der Waals surface area contributed by atoms with Gasteiger partial charge in [0.15, 0.2) is 0 Å². The van der Waals surface area contributed by atoms with E-state index in [1.165, 1.54) is 16.0 Å². The van der Waals surface area contributed by atoms with Crippen molar-refractivity contribution in [1.29, 1.82) is 0 Å². The highest BCUT2D eigenvalue weighted by Crippen LogP contribution is 2.46. The molecular weight excluding hydrogens is 408 g/mol. The molecule has 31 heavy (non-hydrogen) atoms. The number of hydrogen-bond donors (Lipinski definition) is 3. The standard InChI is InChI=1S/C24H28N4O2S/c1-30-19-10-6-5-9-18(19)25-13-21-26-23(29)22-17-11-12-28(14-16-7-3-2-4-8-16)15-20(17)31-24(22)27-21/h2-10,21-22,24-25,27H,11-15H2,1H3,(H,26,29). The van der Waals surface area contributed by atoms with Gasteiger partial charge in [-0.05, 0) is 29.7 Å². The maximum atomic E-state index is 13.0. The van der Waals surface area contributed by atoms with Gasteiger partial charge in [-0.2, -0.15) is 0 Å². The van der Waals surface area contributed by atoms with E-state index in [9.17, 15) is 4.79 Å². The zero-order valence-corrected chi connectivity index (χ0v) is 18.5. The largest absolute Gasteiger partial charge is 0.495 e. The number of carbonyl (C=O) groups excluding carboxylic acids is 1. The van der Waals surface area contributed by atoms with Gasteiger partial charge in [-0.1, -0.05) is 42.5 Å². The fraction of sp³-hybridized carbons (Fsp3) is 0.375. The first-order valence-corrected chi connectivity index (χ1v) is 11.7. The van der Waals surface area contributed by atoms with Gasteiger partial charge in [-0.15, -0.1) is 11.8 Å². The van der Waals surface area contributed by atoms with E-state index < -0.39 is 0 Å². The third-order valence-corrected chi connectivity index (χ3v) is 7.53. The molecule has 0 spiro atoms. The van der Waals surface area contributed by atoms with Gasteiger partial charge in [0.2, 0.25) is 5.91 Å². The molecular formula is C24H28N4O2S. The Morgan fingerprint density at radius 3 is 2.81 bits per heavy atom. The van der Waals surface area contributed by atoms with Gasteiger partial charge in [0.05, 0.1) is 30.3 Å². The van der Waals surface area contributed by atoms with Crippen LogP contribution in [0.2, 0.25) is 0 Å². The number of para-hydroxylation sites is 2. The van der Waals surface area contributed by atoms with E-state index in [1.807, 2.05) is 36.0 Å². The molecule has 3 unspecified atom stereocenters. The van der Waals surface area contributed by atoms with Gasteiger partial charge >= 0.3 is 0 Å². The van der Waals surface area contributed by atoms with Crippen molar-refractivity contribution in [3.05, 3.63) is 70.6 Å². The van der Waals surface area contributed by atoms with Gasteiger partial charge < -0.3 is 15.4 Å². The van der Waals surface area contributed by atoms with Crippen LogP contribution in [-0.4, -0.2) is 49.1 Å². The Hall–Kier alpha value is -2.48. The lowest BCUT2D eigenvalue weighted by Gasteiger charge is -2.35. The van der Waals surface area contributed by atoms with Gasteiger partial charge in [0.25, 0.3) is 0 Å². The van der Waals surface area contributed by atoms with E-state index in [-0.39, 0.29) is 23.4 Å². The van der Waals surface area contributed by atoms with Crippen LogP contribution in [0.3, 0.4) is 0 Å². The highest BCUT2D eigenvalue weighted by molar-refractivity contribution is 8.04. The summed E-state index contributed by atoms with van der Waals surface area (Å²) in [6.45, 7) is 3.49. The average Bonchev–Trinajstić information content (AvgIpc) is 3.16. The Morgan fingerprint density at radius 2 is 1.97 bits per heavy atom. The second-order valence-electron chi connectivity index (χ2n) is 8.22. The minimum absolute atomic E-state index is 0.0543. The van der Waals surface area contributed by atoms with Crippen LogP contribution < -0.4 is 20.7 Å². The lowest BCUT2D eigenvalue weighted by atomic mass is 9.91. The molecule has 0 bridgehead atoms. The van der Waals surface area contributed by atoms with Gasteiger partial charge in [0, 0.05) is 31.1 Å². The second kappa shape index (κ2) is 8.94. The molecule has 1 saturated heterocycles. The van der Waals surface area contributed by atoms with Gasteiger partial charge in [-0.3, -0.25) is 15.0 Å². The molecule has 0 aromatic heterocycles. The van der Waals surface area contributed by atoms with Crippen LogP contribution in [0.4, 0.5) is 5.69 Å². The predicted octanol–water partition coefficient (Wildman–Crippen LogP) is 3.00. The lowest BCUT2D eigenvalue weighted by Crippen LogP contribution is -2.61. The van der Waals surface area contributed by atoms with E-state index >= 15 is 0 Å². The summed E-state index contributed by atoms with van der Waals surface area (Å²) in [6, 6.07) is 18.4. The molecule has 1 amide bonds. The molecule has 0 aliphatic carbocycles. The molecule has 3 aliphatic heterocycles. The van der Waals surface area contributed by atoms with E-state index in [2.05, 4.69) is 51.2 Å². The van der Waals surface area contributed by atoms with Crippen LogP contribution in [0.1, 0.15) is 12.0 Å². The van der Waals surface area contributed by atoms with Crippen LogP contribution >= 0.6 is 11.8 Å². The number of thioether (sulfide) groups is 1. The topological polar surface area (TPSA) is 65.6 Å². The number of amides is 1. The van der Waals surface area contributed by atoms with Crippen LogP contribution in [-0.2, 0) is 11.3 Å². The smallest absolute Gasteiger partial charge is 0.230 e. The molecule has 0 saturated carbocycles. The third-order valence-electron chi connectivity index (χ3n) is 6.19. The summed E-state index contributed by atoms with van der Waals surface area (Å²) >= 11 is 1.84. The van der Waals surface area contributed by atoms with Crippen molar-refractivity contribution in [2.75, 3.05) is 32.1 Å². The molecule has 1 fully saturated rings. The average molecular weight is 437 g/mol. The summed E-state index contributed by atoms with van der Waals surface area (Å²) in [7, 11) is 1.66. The number of fused-ring (bicyclic) bond motifs is 2. The van der Waals surface area contributed by atoms with Crippen molar-refractivity contribution in [2.45, 2.75) is 24.5 Å². The normalized spacial score (nSPS) is 25.6. The first-order chi connectivity index (χ1) is 15.2. The Morgan fingerprint density at radius 1 is 1.16 bits per heavy atom. The van der Waals surface area contributed by atoms with Crippen molar-refractivity contribution in [2.24, 2.45) is 5.92 Å². The highest BCUT2D eigenvalue weighted by atomic mass is 32.2. The van der Waals surface area contributed by atoms with E-state index in [4.69, 9.17) is 4.74 Å². The monoisotopic (exact) mass is 436 g/mol. The molecule has 2 aromatic rings. The van der Waals surface area contributed by atoms with Crippen molar-refractivity contribution in [3.63, 3.8) is 0 Å². The Kier molecular flexibility index (Phi) is 5.89. The first kappa shape index (κ1) is 20.4. The number of methoxy groups -OCH3 is 1. The Labute approximate surface area is 187 Å². The van der Waals surface area contributed by atoms with E-state index in [1.54, 1.807) is 7.11 Å². The maximum Gasteiger partial charge on any atom is 0.230 e. The van der Waals surface area contributed by atoms with E-state index in [0.29, 0.717) is 6.54 Å². The molecule has 0 radical (unpaired) electrons. The second-order valence-corrected chi connectivity index (χ2v) is 9.46. The number of ether oxygens (including phenoxy) is 1. The molecule has 6 nitrogen and oxygen atoms in total. The summed E-state index contributed by atoms with van der Waals surface area (Å²) in [5, 5.41) is 10.3. The molecule has 3 heterocycles. The number of hydrogen-bond acceptors (Lipinski definition) is 6. The number of benzene rings is 2. The highest BCUT2D eigenvalue weighted by Gasteiger charge is 2.45. The summed E-state index contributed by atoms with van der Waals surface area (Å²) in [5.74, 6) is 0.888. The quantitative estimate of drug-likeness (QED) is 0.647.